The van der Waals surface area contributed by atoms with Crippen molar-refractivity contribution in [1.29, 1.82) is 0 Å². The van der Waals surface area contributed by atoms with Gasteiger partial charge in [0.15, 0.2) is 4.90 Å². The molecule has 0 saturated carbocycles. The van der Waals surface area contributed by atoms with Crippen LogP contribution in [0.3, 0.4) is 0 Å². The number of thioether (sulfide) groups is 1. The van der Waals surface area contributed by atoms with Crippen molar-refractivity contribution >= 4 is 79.5 Å². The molecule has 0 saturated heterocycles. The van der Waals surface area contributed by atoms with Crippen molar-refractivity contribution in [3.05, 3.63) is 193 Å². The zero-order valence-electron chi connectivity index (χ0n) is 34.0. The van der Waals surface area contributed by atoms with E-state index in [4.69, 9.17) is 0 Å². The Kier molecular flexibility index (Phi) is 21.1. The number of hydrogen-bond donors (Lipinski definition) is 0. The van der Waals surface area contributed by atoms with E-state index >= 15 is 0 Å². The Bertz CT molecular complexity index is 2150. The van der Waals surface area contributed by atoms with E-state index in [1.165, 1.54) is 40.5 Å². The summed E-state index contributed by atoms with van der Waals surface area (Å²) in [6.45, 7) is 4.22. The van der Waals surface area contributed by atoms with E-state index in [1.807, 2.05) is 72.4 Å². The Morgan fingerprint density at radius 2 is 0.655 bits per heavy atom. The third-order valence-electron chi connectivity index (χ3n) is 8.08. The van der Waals surface area contributed by atoms with Crippen LogP contribution in [-0.2, 0) is 32.5 Å². The first-order valence-corrected chi connectivity index (χ1v) is 27.2. The Hall–Kier alpha value is -3.41. The van der Waals surface area contributed by atoms with E-state index in [1.54, 1.807) is 47.8 Å². The Labute approximate surface area is 372 Å². The normalized spacial score (nSPS) is 11.4. The predicted octanol–water partition coefficient (Wildman–Crippen LogP) is 14.3. The second-order valence-corrected chi connectivity index (χ2v) is 22.1. The van der Waals surface area contributed by atoms with Crippen LogP contribution in [-0.4, -0.2) is 39.7 Å². The lowest BCUT2D eigenvalue weighted by Gasteiger charge is -2.03. The molecule has 0 fully saturated rings. The summed E-state index contributed by atoms with van der Waals surface area (Å²) in [6, 6.07) is 62.3. The van der Waals surface area contributed by atoms with Gasteiger partial charge < -0.3 is 0 Å². The SMILES string of the molecule is CS(=O)c1ccc(Sc2ccc(S(C)=O)cc2)cc1.CSc1ccc(C)cc1.Cc1ccc(Sc2ccc([S+](C)C)cc2)cc1.c1ccc(Sc2ccccc2)cc1. The van der Waals surface area contributed by atoms with Crippen LogP contribution in [0.1, 0.15) is 11.1 Å². The van der Waals surface area contributed by atoms with Crippen LogP contribution < -0.4 is 0 Å². The minimum Gasteiger partial charge on any atom is -0.255 e. The highest BCUT2D eigenvalue weighted by Gasteiger charge is 2.07. The van der Waals surface area contributed by atoms with Gasteiger partial charge >= 0.3 is 0 Å². The highest BCUT2D eigenvalue weighted by atomic mass is 32.2. The van der Waals surface area contributed by atoms with Crippen LogP contribution >= 0.6 is 47.0 Å². The molecule has 300 valence electrons. The van der Waals surface area contributed by atoms with Crippen LogP contribution in [0.25, 0.3) is 0 Å². The van der Waals surface area contributed by atoms with Crippen molar-refractivity contribution in [1.82, 2.24) is 0 Å². The van der Waals surface area contributed by atoms with Gasteiger partial charge in [-0.3, -0.25) is 8.42 Å². The molecule has 0 aliphatic heterocycles. The van der Waals surface area contributed by atoms with Gasteiger partial charge in [0.05, 0.1) is 0 Å². The van der Waals surface area contributed by atoms with Gasteiger partial charge in [-0.15, -0.1) is 11.8 Å². The lowest BCUT2D eigenvalue weighted by atomic mass is 10.2. The van der Waals surface area contributed by atoms with Gasteiger partial charge in [-0.05, 0) is 141 Å². The third kappa shape index (κ3) is 17.8. The highest BCUT2D eigenvalue weighted by Crippen LogP contribution is 2.30. The molecule has 7 aromatic carbocycles. The van der Waals surface area contributed by atoms with E-state index in [9.17, 15) is 8.42 Å². The van der Waals surface area contributed by atoms with E-state index in [0.29, 0.717) is 10.9 Å². The smallest absolute Gasteiger partial charge is 0.154 e. The first kappa shape index (κ1) is 47.3. The molecule has 0 aliphatic carbocycles. The van der Waals surface area contributed by atoms with E-state index in [0.717, 1.165) is 19.6 Å². The van der Waals surface area contributed by atoms with Crippen molar-refractivity contribution in [2.24, 2.45) is 0 Å². The summed E-state index contributed by atoms with van der Waals surface area (Å²) in [5.74, 6) is 0. The minimum absolute atomic E-state index is 0.354. The Morgan fingerprint density at radius 1 is 0.379 bits per heavy atom. The fraction of sp³-hybridized carbons (Fsp3) is 0.143. The van der Waals surface area contributed by atoms with Gasteiger partial charge in [-0.25, -0.2) is 0 Å². The van der Waals surface area contributed by atoms with Crippen LogP contribution in [0.5, 0.6) is 0 Å². The van der Waals surface area contributed by atoms with Gasteiger partial charge in [0.1, 0.15) is 12.5 Å². The fourth-order valence-corrected chi connectivity index (χ4v) is 9.46. The fourth-order valence-electron chi connectivity index (χ4n) is 4.84. The molecule has 0 aromatic heterocycles. The quantitative estimate of drug-likeness (QED) is 0.101. The summed E-state index contributed by atoms with van der Waals surface area (Å²) in [4.78, 5) is 11.8. The van der Waals surface area contributed by atoms with Crippen LogP contribution in [0, 0.1) is 13.8 Å². The number of rotatable bonds is 10. The van der Waals surface area contributed by atoms with Crippen molar-refractivity contribution < 1.29 is 8.42 Å². The molecular formula is C49H51O2S7+. The topological polar surface area (TPSA) is 34.1 Å². The van der Waals surface area contributed by atoms with Crippen LogP contribution in [0.2, 0.25) is 0 Å². The zero-order chi connectivity index (χ0) is 41.7. The van der Waals surface area contributed by atoms with Crippen molar-refractivity contribution in [3.63, 3.8) is 0 Å². The lowest BCUT2D eigenvalue weighted by Crippen LogP contribution is -1.94. The monoisotopic (exact) mass is 895 g/mol. The van der Waals surface area contributed by atoms with Gasteiger partial charge in [-0.1, -0.05) is 107 Å². The van der Waals surface area contributed by atoms with Gasteiger partial charge in [0.25, 0.3) is 0 Å². The van der Waals surface area contributed by atoms with E-state index < -0.39 is 21.6 Å². The molecule has 58 heavy (non-hydrogen) atoms. The molecule has 0 bridgehead atoms. The van der Waals surface area contributed by atoms with E-state index in [2.05, 4.69) is 154 Å². The third-order valence-corrected chi connectivity index (χ3v) is 15.0. The van der Waals surface area contributed by atoms with Crippen molar-refractivity contribution in [2.75, 3.05) is 31.3 Å². The molecule has 0 N–H and O–H groups in total. The van der Waals surface area contributed by atoms with Crippen molar-refractivity contribution in [2.45, 2.75) is 62.8 Å². The standard InChI is InChI=1S/C15H17S2.C14H14O2S3.C12H10S.C8H10S/c1-12-4-6-13(7-5-12)16-14-8-10-15(11-9-14)17(2)3;1-18(15)13-7-3-11(4-8-13)17-12-5-9-14(10-6-12)19(2)16;1-3-7-11(8-4-1)13-12-9-5-2-6-10-12;1-7-3-5-8(9-2)6-4-7/h4-11H,1-3H3;3-10H,1-2H3;1-10H;3-6H,1-2H3/q+1;;;. The molecule has 0 amide bonds. The maximum Gasteiger partial charge on any atom is 0.154 e. The molecule has 9 heteroatoms. The average molecular weight is 896 g/mol. The van der Waals surface area contributed by atoms with Crippen molar-refractivity contribution in [3.8, 4) is 0 Å². The second-order valence-electron chi connectivity index (χ2n) is 12.9. The van der Waals surface area contributed by atoms with E-state index in [-0.39, 0.29) is 0 Å². The molecule has 0 heterocycles. The van der Waals surface area contributed by atoms with Crippen LogP contribution in [0.4, 0.5) is 0 Å². The number of aryl methyl sites for hydroxylation is 2. The molecule has 2 nitrogen and oxygen atoms in total. The van der Waals surface area contributed by atoms with Crippen LogP contribution in [0.15, 0.2) is 231 Å². The molecule has 0 spiro atoms. The Morgan fingerprint density at radius 3 is 0.948 bits per heavy atom. The number of hydrogen-bond acceptors (Lipinski definition) is 6. The summed E-state index contributed by atoms with van der Waals surface area (Å²) >= 11 is 7.02. The summed E-state index contributed by atoms with van der Waals surface area (Å²) in [5.41, 5.74) is 2.64. The zero-order valence-corrected chi connectivity index (χ0v) is 39.7. The van der Waals surface area contributed by atoms with Gasteiger partial charge in [-0.2, -0.15) is 0 Å². The first-order chi connectivity index (χ1) is 28.0. The molecular weight excluding hydrogens is 845 g/mol. The average Bonchev–Trinajstić information content (AvgIpc) is 3.24. The Balaban J connectivity index is 0.000000176. The van der Waals surface area contributed by atoms with Gasteiger partial charge in [0.2, 0.25) is 0 Å². The minimum atomic E-state index is -0.935. The summed E-state index contributed by atoms with van der Waals surface area (Å²) in [6.07, 6.45) is 9.94. The first-order valence-electron chi connectivity index (χ1n) is 18.3. The molecule has 2 atom stereocenters. The predicted molar refractivity (Wildman–Crippen MR) is 261 cm³/mol. The maximum atomic E-state index is 11.3. The molecule has 0 aliphatic rings. The molecule has 7 aromatic rings. The highest BCUT2D eigenvalue weighted by molar-refractivity contribution is 8.00. The molecule has 0 radical (unpaired) electrons. The largest absolute Gasteiger partial charge is 0.255 e. The lowest BCUT2D eigenvalue weighted by molar-refractivity contribution is 0.686. The molecule has 2 unspecified atom stereocenters. The second kappa shape index (κ2) is 25.9. The number of benzene rings is 7. The van der Waals surface area contributed by atoms with Gasteiger partial charge in [0, 0.05) is 89.1 Å². The summed E-state index contributed by atoms with van der Waals surface area (Å²) in [7, 11) is -1.52. The summed E-state index contributed by atoms with van der Waals surface area (Å²) < 4.78 is 22.6. The summed E-state index contributed by atoms with van der Waals surface area (Å²) in [5, 5.41) is 0. The molecule has 7 rings (SSSR count). The maximum absolute atomic E-state index is 11.3.